The van der Waals surface area contributed by atoms with E-state index in [1.165, 1.54) is 6.92 Å². The molecule has 22 nitrogen and oxygen atoms in total. The molecule has 4 aliphatic heterocycles. The van der Waals surface area contributed by atoms with Gasteiger partial charge in [-0.15, -0.1) is 10.1 Å². The molecule has 22 heteroatoms. The lowest BCUT2D eigenvalue weighted by Crippen LogP contribution is -2.60. The summed E-state index contributed by atoms with van der Waals surface area (Å²) in [4.78, 5) is 126. The predicted molar refractivity (Wildman–Crippen MR) is 227 cm³/mol. The Labute approximate surface area is 365 Å². The van der Waals surface area contributed by atoms with Crippen molar-refractivity contribution in [1.82, 2.24) is 51.0 Å². The van der Waals surface area contributed by atoms with E-state index < -0.39 is 41.0 Å². The summed E-state index contributed by atoms with van der Waals surface area (Å²) in [7, 11) is 13.3. The van der Waals surface area contributed by atoms with Crippen LogP contribution in [0.3, 0.4) is 0 Å². The van der Waals surface area contributed by atoms with E-state index in [0.29, 0.717) is 23.1 Å². The molecule has 0 aliphatic carbocycles. The Balaban J connectivity index is 0.000000791. The summed E-state index contributed by atoms with van der Waals surface area (Å²) in [5, 5.41) is 11.6. The highest BCUT2D eigenvalue weighted by Gasteiger charge is 2.42. The molecule has 0 aromatic heterocycles. The zero-order chi connectivity index (χ0) is 48.1. The molecule has 4 aliphatic rings. The third-order valence-corrected chi connectivity index (χ3v) is 10.5. The molecule has 354 valence electrons. The maximum atomic E-state index is 12.4. The number of piperazine rings is 2. The van der Waals surface area contributed by atoms with Crippen LogP contribution in [0.25, 0.3) is 0 Å². The van der Waals surface area contributed by atoms with Crippen LogP contribution in [-0.2, 0) is 57.6 Å². The molecule has 0 spiro atoms. The van der Waals surface area contributed by atoms with Crippen LogP contribution in [0.4, 0.5) is 0 Å². The number of carbonyl (C=O) groups is 10. The van der Waals surface area contributed by atoms with Gasteiger partial charge >= 0.3 is 11.9 Å². The number of carbonyl (C=O) groups excluding carboxylic acids is 10. The van der Waals surface area contributed by atoms with Crippen molar-refractivity contribution in [2.45, 2.75) is 92.7 Å². The number of amides is 8. The summed E-state index contributed by atoms with van der Waals surface area (Å²) in [6.07, 6.45) is 0.842. The van der Waals surface area contributed by atoms with Gasteiger partial charge in [0.15, 0.2) is 0 Å². The topological polar surface area (TPSA) is 257 Å². The van der Waals surface area contributed by atoms with Crippen molar-refractivity contribution in [2.24, 2.45) is 10.8 Å². The van der Waals surface area contributed by atoms with E-state index in [4.69, 9.17) is 0 Å². The first-order valence-corrected chi connectivity index (χ1v) is 20.4. The summed E-state index contributed by atoms with van der Waals surface area (Å²) in [6, 6.07) is 0.470. The average molecular weight is 901 g/mol. The van der Waals surface area contributed by atoms with E-state index >= 15 is 0 Å². The predicted octanol–water partition coefficient (Wildman–Crippen LogP) is -1.51. The van der Waals surface area contributed by atoms with Crippen molar-refractivity contribution in [1.29, 1.82) is 0 Å². The van der Waals surface area contributed by atoms with E-state index in [1.54, 1.807) is 21.1 Å². The highest BCUT2D eigenvalue weighted by Crippen LogP contribution is 2.28. The molecule has 2 atom stereocenters. The van der Waals surface area contributed by atoms with Gasteiger partial charge in [0, 0.05) is 132 Å². The fourth-order valence-electron chi connectivity index (χ4n) is 6.42. The van der Waals surface area contributed by atoms with Crippen molar-refractivity contribution in [3.8, 4) is 0 Å². The smallest absolute Gasteiger partial charge is 0.330 e. The Kier molecular flexibility index (Phi) is 24.9. The van der Waals surface area contributed by atoms with Crippen LogP contribution < -0.4 is 21.3 Å². The fourth-order valence-corrected chi connectivity index (χ4v) is 6.42. The van der Waals surface area contributed by atoms with E-state index in [1.807, 2.05) is 27.7 Å². The van der Waals surface area contributed by atoms with Gasteiger partial charge in [0.25, 0.3) is 23.6 Å². The summed E-state index contributed by atoms with van der Waals surface area (Å²) in [5.41, 5.74) is -0.815. The number of nitrogens with one attached hydrogen (secondary N) is 4. The summed E-state index contributed by atoms with van der Waals surface area (Å²) in [5.74, 6) is -3.06. The summed E-state index contributed by atoms with van der Waals surface area (Å²) in [6.45, 7) is 18.1. The lowest BCUT2D eigenvalue weighted by molar-refractivity contribution is -0.195. The molecule has 2 unspecified atom stereocenters. The van der Waals surface area contributed by atoms with Crippen molar-refractivity contribution >= 4 is 59.2 Å². The highest BCUT2D eigenvalue weighted by molar-refractivity contribution is 6.02. The van der Waals surface area contributed by atoms with Crippen LogP contribution in [0.5, 0.6) is 0 Å². The minimum atomic E-state index is -0.659. The van der Waals surface area contributed by atoms with Gasteiger partial charge < -0.3 is 40.7 Å². The zero-order valence-electron chi connectivity index (χ0n) is 39.2. The van der Waals surface area contributed by atoms with Crippen molar-refractivity contribution in [3.63, 3.8) is 0 Å². The second kappa shape index (κ2) is 27.1. The second-order valence-electron chi connectivity index (χ2n) is 16.4. The Hall–Kier alpha value is -5.06. The quantitative estimate of drug-likeness (QED) is 0.117. The van der Waals surface area contributed by atoms with E-state index in [-0.39, 0.29) is 66.8 Å². The SMILES string of the molecule is CN1CCN(C)C(C(C)(C)C(=O)[15NH][13CH3])C1.CN1CC[15N](C)CC1C(C)(C)C(=O)[15NH]C[13CH2][13C](=O)[15NH][13CH3].[13CH3][13C](=O)ON1C(=O)CCC1=O.[13CH3][13C](=O)ON1C(=O)CCC1=O.[13CH3][15NH][13C]([13CH3])=O. The molecule has 0 saturated carbocycles. The summed E-state index contributed by atoms with van der Waals surface area (Å²) < 4.78 is 0. The first kappa shape index (κ1) is 56.9. The third-order valence-electron chi connectivity index (χ3n) is 10.5. The van der Waals surface area contributed by atoms with Crippen LogP contribution in [0.1, 0.15) is 80.6 Å². The fraction of sp³-hybridized carbons (Fsp3) is 0.750. The molecule has 4 N–H and O–H groups in total. The largest absolute Gasteiger partial charge is 0.359 e. The van der Waals surface area contributed by atoms with Gasteiger partial charge in [0.1, 0.15) is 0 Å². The number of likely N-dealkylation sites (N-methyl/N-ethyl adjacent to an activating group) is 4. The number of hydroxylamine groups is 4. The number of hydrogen-bond donors (Lipinski definition) is 4. The second-order valence-corrected chi connectivity index (χ2v) is 16.4. The van der Waals surface area contributed by atoms with Gasteiger partial charge in [0.05, 0.1) is 10.8 Å². The minimum absolute atomic E-state index is 0.00463. The third kappa shape index (κ3) is 19.3. The van der Waals surface area contributed by atoms with Crippen molar-refractivity contribution < 1.29 is 57.6 Å². The van der Waals surface area contributed by atoms with Gasteiger partial charge in [-0.3, -0.25) is 48.2 Å². The molecule has 4 fully saturated rings. The van der Waals surface area contributed by atoms with Crippen LogP contribution in [0, 0.1) is 10.8 Å². The average Bonchev–Trinajstić information content (AvgIpc) is 3.69. The Bertz CT molecular complexity index is 1510. The van der Waals surface area contributed by atoms with Crippen LogP contribution in [0.15, 0.2) is 0 Å². The lowest BCUT2D eigenvalue weighted by atomic mass is 9.82. The minimum Gasteiger partial charge on any atom is -0.359 e. The lowest BCUT2D eigenvalue weighted by Gasteiger charge is -2.45. The molecule has 0 aromatic rings. The van der Waals surface area contributed by atoms with Crippen LogP contribution in [0.2, 0.25) is 0 Å². The monoisotopic (exact) mass is 901 g/mol. The molecular formula is C40H72N10O12. The Morgan fingerprint density at radius 2 is 0.903 bits per heavy atom. The molecule has 4 heterocycles. The number of nitrogens with zero attached hydrogens (tertiary/aromatic N) is 6. The van der Waals surface area contributed by atoms with Crippen LogP contribution >= 0.6 is 0 Å². The molecule has 4 saturated heterocycles. The molecule has 8 amide bonds. The van der Waals surface area contributed by atoms with E-state index in [0.717, 1.165) is 53.1 Å². The first-order valence-electron chi connectivity index (χ1n) is 20.4. The van der Waals surface area contributed by atoms with E-state index in [2.05, 4.69) is 78.7 Å². The molecule has 0 bridgehead atoms. The van der Waals surface area contributed by atoms with Crippen LogP contribution in [-0.4, -0.2) is 196 Å². The first-order chi connectivity index (χ1) is 28.7. The Morgan fingerprint density at radius 3 is 1.19 bits per heavy atom. The molecule has 0 radical (unpaired) electrons. The zero-order valence-corrected chi connectivity index (χ0v) is 39.2. The van der Waals surface area contributed by atoms with Gasteiger partial charge in [-0.1, -0.05) is 0 Å². The van der Waals surface area contributed by atoms with Crippen molar-refractivity contribution in [2.75, 3.05) is 95.1 Å². The maximum absolute atomic E-state index is 12.4. The standard InChI is InChI=1S/C14H28N4O2.C11H23N3O.2C6H7NO4.C3H7NO/c1-14(2,11-10-17(4)8-9-18(11)5)13(20)16-7-6-12(19)15-3;1-11(2,10(15)12-3)9-8-13(4)6-7-14(9)5;2*1-4(8)11-7-5(9)2-3-6(7)10;1-3(5)4-2/h11H,6-10H2,1-5H3,(H,15,19)(H,16,20);9H,6-8H2,1-5H3,(H,12,15);2*2-3H2,1H3;1-2H3,(H,4,5)/i3+1,6+1,12+1,15+1,16+1,17+1;3+1,12+1;2*1+1,4+1;1+1,2+1,3+1,4+1. The van der Waals surface area contributed by atoms with Crippen molar-refractivity contribution in [3.05, 3.63) is 0 Å². The molecular weight excluding hydrogens is 828 g/mol. The normalized spacial score (nSPS) is 19.8. The van der Waals surface area contributed by atoms with Gasteiger partial charge in [0.2, 0.25) is 23.6 Å². The van der Waals surface area contributed by atoms with Gasteiger partial charge in [-0.2, -0.15) is 0 Å². The van der Waals surface area contributed by atoms with Gasteiger partial charge in [-0.05, 0) is 55.9 Å². The Morgan fingerprint density at radius 1 is 0.565 bits per heavy atom. The number of imide groups is 2. The summed E-state index contributed by atoms with van der Waals surface area (Å²) >= 11 is 0. The maximum Gasteiger partial charge on any atom is 0.330 e. The number of hydrogen-bond acceptors (Lipinski definition) is 16. The van der Waals surface area contributed by atoms with E-state index in [9.17, 15) is 47.9 Å². The molecule has 0 aromatic carbocycles. The van der Waals surface area contributed by atoms with Gasteiger partial charge in [-0.25, -0.2) is 9.59 Å². The number of rotatable bonds is 9. The molecule has 62 heavy (non-hydrogen) atoms. The molecule has 4 rings (SSSR count). The highest BCUT2D eigenvalue weighted by atomic mass is 16.8.